The number of ether oxygens (including phenoxy) is 1. The van der Waals surface area contributed by atoms with Crippen molar-refractivity contribution in [3.63, 3.8) is 0 Å². The van der Waals surface area contributed by atoms with E-state index in [1.54, 1.807) is 20.8 Å². The van der Waals surface area contributed by atoms with Crippen molar-refractivity contribution in [2.45, 2.75) is 51.4 Å². The fourth-order valence-corrected chi connectivity index (χ4v) is 2.79. The molecule has 2 aromatic rings. The smallest absolute Gasteiger partial charge is 0.415 e. The highest BCUT2D eigenvalue weighted by molar-refractivity contribution is 6.30. The van der Waals surface area contributed by atoms with Crippen molar-refractivity contribution >= 4 is 35.1 Å². The second-order valence-corrected chi connectivity index (χ2v) is 7.83. The zero-order valence-electron chi connectivity index (χ0n) is 15.5. The number of nitrogens with one attached hydrogen (secondary N) is 1. The van der Waals surface area contributed by atoms with Crippen LogP contribution in [-0.4, -0.2) is 51.5 Å². The van der Waals surface area contributed by atoms with E-state index in [0.717, 1.165) is 0 Å². The van der Waals surface area contributed by atoms with Crippen molar-refractivity contribution in [3.05, 3.63) is 23.0 Å². The summed E-state index contributed by atoms with van der Waals surface area (Å²) in [6.45, 7) is 5.26. The number of amides is 2. The molecule has 0 saturated heterocycles. The molecule has 2 heterocycles. The summed E-state index contributed by atoms with van der Waals surface area (Å²) in [5.41, 5.74) is -0.363. The van der Waals surface area contributed by atoms with Crippen molar-refractivity contribution < 1.29 is 18.7 Å². The van der Waals surface area contributed by atoms with Crippen LogP contribution < -0.4 is 10.2 Å². The molecule has 1 aliphatic rings. The minimum atomic E-state index is -1.04. The Morgan fingerprint density at radius 1 is 1.41 bits per heavy atom. The van der Waals surface area contributed by atoms with Crippen molar-refractivity contribution in [2.24, 2.45) is 0 Å². The van der Waals surface area contributed by atoms with E-state index in [1.807, 2.05) is 0 Å². The van der Waals surface area contributed by atoms with E-state index in [-0.39, 0.29) is 22.2 Å². The van der Waals surface area contributed by atoms with E-state index in [2.05, 4.69) is 15.4 Å². The minimum absolute atomic E-state index is 0.0782. The third-order valence-electron chi connectivity index (χ3n) is 4.18. The number of hydrogen-bond donors (Lipinski definition) is 1. The highest BCUT2D eigenvalue weighted by Crippen LogP contribution is 2.25. The fraction of sp³-hybridized carbons (Fsp3) is 0.529. The van der Waals surface area contributed by atoms with Gasteiger partial charge in [0.15, 0.2) is 5.65 Å². The molecular weight excluding hydrogens is 377 g/mol. The van der Waals surface area contributed by atoms with E-state index in [0.29, 0.717) is 12.8 Å². The second kappa shape index (κ2) is 6.95. The summed E-state index contributed by atoms with van der Waals surface area (Å²) < 4.78 is 20.1. The number of halogens is 2. The van der Waals surface area contributed by atoms with Crippen molar-refractivity contribution in [3.8, 4) is 0 Å². The first-order valence-electron chi connectivity index (χ1n) is 8.53. The molecular formula is C17H21ClFN5O3. The molecule has 1 saturated carbocycles. The lowest BCUT2D eigenvalue weighted by Gasteiger charge is -2.30. The van der Waals surface area contributed by atoms with Crippen LogP contribution in [0.5, 0.6) is 0 Å². The van der Waals surface area contributed by atoms with Crippen LogP contribution in [0.4, 0.5) is 15.0 Å². The van der Waals surface area contributed by atoms with Gasteiger partial charge in [0.1, 0.15) is 28.3 Å². The molecule has 0 aliphatic heterocycles. The molecule has 27 heavy (non-hydrogen) atoms. The van der Waals surface area contributed by atoms with Gasteiger partial charge >= 0.3 is 6.09 Å². The minimum Gasteiger partial charge on any atom is -0.443 e. The molecule has 10 heteroatoms. The van der Waals surface area contributed by atoms with Gasteiger partial charge in [0.25, 0.3) is 5.91 Å². The van der Waals surface area contributed by atoms with E-state index in [4.69, 9.17) is 16.3 Å². The van der Waals surface area contributed by atoms with E-state index in [9.17, 15) is 14.0 Å². The lowest BCUT2D eigenvalue weighted by molar-refractivity contribution is 0.0587. The van der Waals surface area contributed by atoms with Gasteiger partial charge in [-0.05, 0) is 33.6 Å². The number of nitrogens with zero attached hydrogens (tertiary/aromatic N) is 4. The summed E-state index contributed by atoms with van der Waals surface area (Å²) in [6, 6.07) is 0.937. The number of hydrogen-bond acceptors (Lipinski definition) is 5. The number of aromatic nitrogens is 3. The van der Waals surface area contributed by atoms with Crippen molar-refractivity contribution in [1.82, 2.24) is 19.9 Å². The largest absolute Gasteiger partial charge is 0.443 e. The summed E-state index contributed by atoms with van der Waals surface area (Å²) >= 11 is 6.08. The SMILES string of the molecule is CN(C(=O)OC(C)(C)C)c1cc(Cl)nc2c(C(=O)NC3CC[C@@H]3F)cnn12. The lowest BCUT2D eigenvalue weighted by Crippen LogP contribution is -2.48. The molecule has 2 aromatic heterocycles. The van der Waals surface area contributed by atoms with Gasteiger partial charge in [-0.2, -0.15) is 9.61 Å². The van der Waals surface area contributed by atoms with Gasteiger partial charge in [0.2, 0.25) is 0 Å². The van der Waals surface area contributed by atoms with Crippen molar-refractivity contribution in [2.75, 3.05) is 11.9 Å². The molecule has 2 atom stereocenters. The summed E-state index contributed by atoms with van der Waals surface area (Å²) in [4.78, 5) is 30.2. The maximum atomic E-state index is 13.4. The average Bonchev–Trinajstić information content (AvgIpc) is 2.98. The second-order valence-electron chi connectivity index (χ2n) is 7.44. The number of carbonyl (C=O) groups excluding carboxylic acids is 2. The highest BCUT2D eigenvalue weighted by atomic mass is 35.5. The Kier molecular flexibility index (Phi) is 4.98. The maximum Gasteiger partial charge on any atom is 0.415 e. The van der Waals surface area contributed by atoms with Crippen LogP contribution in [0.1, 0.15) is 44.0 Å². The van der Waals surface area contributed by atoms with Crippen LogP contribution in [0.25, 0.3) is 5.65 Å². The van der Waals surface area contributed by atoms with Crippen LogP contribution >= 0.6 is 11.6 Å². The molecule has 0 aromatic carbocycles. The third kappa shape index (κ3) is 3.97. The molecule has 3 rings (SSSR count). The van der Waals surface area contributed by atoms with E-state index >= 15 is 0 Å². The molecule has 1 unspecified atom stereocenters. The van der Waals surface area contributed by atoms with Crippen LogP contribution in [0.2, 0.25) is 5.15 Å². The van der Waals surface area contributed by atoms with E-state index in [1.165, 1.54) is 28.7 Å². The third-order valence-corrected chi connectivity index (χ3v) is 4.38. The fourth-order valence-electron chi connectivity index (χ4n) is 2.61. The predicted molar refractivity (Wildman–Crippen MR) is 98.0 cm³/mol. The monoisotopic (exact) mass is 397 g/mol. The molecule has 1 aliphatic carbocycles. The normalized spacial score (nSPS) is 19.5. The number of carbonyl (C=O) groups is 2. The first kappa shape index (κ1) is 19.3. The standard InChI is InChI=1S/C17H21ClFN5O3/c1-17(2,3)27-16(26)23(4)13-7-12(18)22-14-9(8-20-24(13)14)15(25)21-11-6-5-10(11)19/h7-8,10-11H,5-6H2,1-4H3,(H,21,25)/t10-,11?/m0/s1. The predicted octanol–water partition coefficient (Wildman–Crippen LogP) is 2.98. The molecule has 0 radical (unpaired) electrons. The Labute approximate surface area is 160 Å². The molecule has 0 spiro atoms. The van der Waals surface area contributed by atoms with Gasteiger partial charge in [-0.3, -0.25) is 9.69 Å². The van der Waals surface area contributed by atoms with Gasteiger partial charge in [-0.15, -0.1) is 0 Å². The van der Waals surface area contributed by atoms with Crippen LogP contribution in [0.15, 0.2) is 12.3 Å². The zero-order valence-corrected chi connectivity index (χ0v) is 16.2. The van der Waals surface area contributed by atoms with Gasteiger partial charge in [-0.1, -0.05) is 11.6 Å². The maximum absolute atomic E-state index is 13.4. The molecule has 146 valence electrons. The first-order valence-corrected chi connectivity index (χ1v) is 8.90. The number of anilines is 1. The summed E-state index contributed by atoms with van der Waals surface area (Å²) in [6.07, 6.45) is 0.692. The number of fused-ring (bicyclic) bond motifs is 1. The van der Waals surface area contributed by atoms with Crippen molar-refractivity contribution in [1.29, 1.82) is 0 Å². The van der Waals surface area contributed by atoms with Crippen LogP contribution in [0.3, 0.4) is 0 Å². The Morgan fingerprint density at radius 3 is 2.67 bits per heavy atom. The Bertz CT molecular complexity index is 895. The van der Waals surface area contributed by atoms with Gasteiger partial charge in [0.05, 0.1) is 12.2 Å². The van der Waals surface area contributed by atoms with Crippen LogP contribution in [-0.2, 0) is 4.74 Å². The topological polar surface area (TPSA) is 88.8 Å². The number of alkyl halides is 1. The molecule has 8 nitrogen and oxygen atoms in total. The summed E-state index contributed by atoms with van der Waals surface area (Å²) in [7, 11) is 1.50. The van der Waals surface area contributed by atoms with Crippen LogP contribution in [0, 0.1) is 0 Å². The Balaban J connectivity index is 1.93. The molecule has 2 amide bonds. The molecule has 1 N–H and O–H groups in total. The molecule has 1 fully saturated rings. The van der Waals surface area contributed by atoms with Gasteiger partial charge < -0.3 is 10.1 Å². The van der Waals surface area contributed by atoms with E-state index < -0.39 is 29.8 Å². The summed E-state index contributed by atoms with van der Waals surface area (Å²) in [5, 5.41) is 6.85. The zero-order chi connectivity index (χ0) is 19.9. The quantitative estimate of drug-likeness (QED) is 0.804. The van der Waals surface area contributed by atoms with Gasteiger partial charge in [0, 0.05) is 13.1 Å². The average molecular weight is 398 g/mol. The summed E-state index contributed by atoms with van der Waals surface area (Å²) in [5.74, 6) is -0.205. The lowest BCUT2D eigenvalue weighted by atomic mass is 9.90. The number of rotatable bonds is 3. The first-order chi connectivity index (χ1) is 12.6. The highest BCUT2D eigenvalue weighted by Gasteiger charge is 2.33. The van der Waals surface area contributed by atoms with Gasteiger partial charge in [-0.25, -0.2) is 14.2 Å². The molecule has 0 bridgehead atoms. The Hall–Kier alpha value is -2.42. The Morgan fingerprint density at radius 2 is 2.11 bits per heavy atom.